The van der Waals surface area contributed by atoms with Crippen LogP contribution in [0.5, 0.6) is 0 Å². The Labute approximate surface area is 695 Å². The summed E-state index contributed by atoms with van der Waals surface area (Å²) in [6, 6.07) is 140. The third-order valence-corrected chi connectivity index (χ3v) is 26.9. The molecule has 0 spiro atoms. The smallest absolute Gasteiger partial charge is 0.166 e. The highest BCUT2D eigenvalue weighted by Gasteiger charge is 2.28. The largest absolute Gasteiger partial charge is 0.309 e. The third kappa shape index (κ3) is 10.5. The van der Waals surface area contributed by atoms with Crippen molar-refractivity contribution in [3.8, 4) is 113 Å². The molecule has 120 heavy (non-hydrogen) atoms. The number of para-hydroxylation sites is 5. The molecule has 0 aliphatic rings. The molecule has 6 aromatic heterocycles. The predicted octanol–water partition coefficient (Wildman–Crippen LogP) is 29.8. The second-order valence-electron chi connectivity index (χ2n) is 30.9. The summed E-state index contributed by atoms with van der Waals surface area (Å²) in [6.45, 7) is 0. The maximum absolute atomic E-state index is 5.71. The van der Waals surface area contributed by atoms with E-state index in [0.717, 1.165) is 142 Å². The van der Waals surface area contributed by atoms with Crippen LogP contribution in [0, 0.1) is 0 Å². The first-order chi connectivity index (χ1) is 59.5. The monoisotopic (exact) mass is 1560 g/mol. The molecular weight excluding hydrogens is 1500 g/mol. The van der Waals surface area contributed by atoms with E-state index in [1.54, 1.807) is 22.7 Å². The maximum atomic E-state index is 5.71. The Bertz CT molecular complexity index is 8560. The van der Waals surface area contributed by atoms with Gasteiger partial charge in [0.15, 0.2) is 34.9 Å². The van der Waals surface area contributed by atoms with Crippen LogP contribution < -0.4 is 0 Å². The Balaban J connectivity index is 0.627. The van der Waals surface area contributed by atoms with Crippen LogP contribution in [0.25, 0.3) is 251 Å². The molecule has 0 radical (unpaired) electrons. The topological polar surface area (TPSA) is 87.2 Å². The average Bonchev–Trinajstić information content (AvgIpc) is 1.70. The molecule has 19 aromatic carbocycles. The van der Waals surface area contributed by atoms with E-state index in [0.29, 0.717) is 34.9 Å². The van der Waals surface area contributed by atoms with Crippen molar-refractivity contribution in [3.63, 3.8) is 0 Å². The molecule has 0 N–H and O–H groups in total. The first kappa shape index (κ1) is 67.8. The summed E-state index contributed by atoms with van der Waals surface area (Å²) in [6.07, 6.45) is 0. The fourth-order valence-electron chi connectivity index (χ4n) is 19.2. The highest BCUT2D eigenvalue weighted by molar-refractivity contribution is 7.26. The third-order valence-electron chi connectivity index (χ3n) is 24.5. The normalized spacial score (nSPS) is 12.0. The first-order valence-electron chi connectivity index (χ1n) is 40.6. The number of fused-ring (bicyclic) bond motifs is 21. The number of nitrogens with zero attached hydrogens (tertiary/aromatic N) is 8. The first-order valence-corrected chi connectivity index (χ1v) is 42.2. The van der Waals surface area contributed by atoms with Gasteiger partial charge < -0.3 is 9.13 Å². The number of hydrogen-bond donors (Lipinski definition) is 0. The van der Waals surface area contributed by atoms with Gasteiger partial charge in [-0.2, -0.15) is 0 Å². The van der Waals surface area contributed by atoms with Gasteiger partial charge in [-0.3, -0.25) is 0 Å². The van der Waals surface area contributed by atoms with Gasteiger partial charge in [-0.05, 0) is 166 Å². The summed E-state index contributed by atoms with van der Waals surface area (Å²) in [5.74, 6) is 3.56. The molecule has 25 aromatic rings. The molecule has 6 heterocycles. The minimum atomic E-state index is 0.572. The predicted molar refractivity (Wildman–Crippen MR) is 504 cm³/mol. The van der Waals surface area contributed by atoms with Crippen LogP contribution in [-0.4, -0.2) is 39.0 Å². The van der Waals surface area contributed by atoms with Gasteiger partial charge >= 0.3 is 0 Å². The zero-order valence-corrected chi connectivity index (χ0v) is 66.0. The molecular formula is C110H64N8S2. The highest BCUT2D eigenvalue weighted by atomic mass is 32.1. The number of hydrogen-bond acceptors (Lipinski definition) is 8. The summed E-state index contributed by atoms with van der Waals surface area (Å²) >= 11 is 3.56. The van der Waals surface area contributed by atoms with Gasteiger partial charge in [-0.15, -0.1) is 22.7 Å². The van der Waals surface area contributed by atoms with E-state index in [4.69, 9.17) is 29.9 Å². The summed E-state index contributed by atoms with van der Waals surface area (Å²) < 4.78 is 9.48. The van der Waals surface area contributed by atoms with Gasteiger partial charge in [0.25, 0.3) is 0 Å². The molecule has 0 aliphatic carbocycles. The van der Waals surface area contributed by atoms with Crippen LogP contribution in [0.15, 0.2) is 388 Å². The molecule has 0 aliphatic heterocycles. The minimum Gasteiger partial charge on any atom is -0.309 e. The van der Waals surface area contributed by atoms with Crippen molar-refractivity contribution in [2.75, 3.05) is 0 Å². The van der Waals surface area contributed by atoms with E-state index in [1.807, 2.05) is 0 Å². The van der Waals surface area contributed by atoms with Crippen molar-refractivity contribution in [2.24, 2.45) is 0 Å². The molecule has 0 fully saturated rings. The van der Waals surface area contributed by atoms with Gasteiger partial charge in [-0.25, -0.2) is 29.9 Å². The van der Waals surface area contributed by atoms with Crippen molar-refractivity contribution >= 4 is 160 Å². The fraction of sp³-hybridized carbons (Fsp3) is 0. The lowest BCUT2D eigenvalue weighted by molar-refractivity contribution is 1.07. The van der Waals surface area contributed by atoms with Crippen molar-refractivity contribution < 1.29 is 0 Å². The van der Waals surface area contributed by atoms with Gasteiger partial charge in [0.2, 0.25) is 0 Å². The van der Waals surface area contributed by atoms with Crippen LogP contribution in [-0.2, 0) is 0 Å². The van der Waals surface area contributed by atoms with Crippen LogP contribution >= 0.6 is 22.7 Å². The standard InChI is InChI=1S/C110H64N8S2/c1-2-29-73-70(28-1)72-30-3-6-37-81(72)101-82(73)46-24-47-83(101)75-32-5-8-39-87(75)106-112-108(116-110(114-106)92-51-26-49-85-80-36-15-22-59-100(80)120-104(85)92)90-42-13-20-56-97(90)118-95-54-18-11-40-88(95)102-68(43-27-57-98(102)118)66-60-62-67-65(64-66)61-63-76-69(67)44-23-45-71(76)74-31-4-7-38-86(74)105-111-107(115-109(113-105)91-50-25-48-84-79-35-14-21-58-99(79)119-103(84)91)89-41-12-19-55-96(89)117-93-52-16-9-33-77(93)78-34-10-17-53-94(78)117/h1-64H. The summed E-state index contributed by atoms with van der Waals surface area (Å²) in [5.41, 5.74) is 18.3. The molecule has 0 atom stereocenters. The van der Waals surface area contributed by atoms with Crippen LogP contribution in [0.4, 0.5) is 0 Å². The molecule has 10 heteroatoms. The highest BCUT2D eigenvalue weighted by Crippen LogP contribution is 2.49. The maximum Gasteiger partial charge on any atom is 0.166 e. The molecule has 0 amide bonds. The molecule has 0 bridgehead atoms. The van der Waals surface area contributed by atoms with E-state index in [1.165, 1.54) is 74.0 Å². The van der Waals surface area contributed by atoms with Crippen molar-refractivity contribution in [2.45, 2.75) is 0 Å². The Kier molecular flexibility index (Phi) is 15.3. The second kappa shape index (κ2) is 27.1. The SMILES string of the molecule is c1ccc(-c2cccc3c2ccc2cc(-c4cccc5c4c4ccccc4n5-c4ccccc4-c4nc(-c5ccccc5-c5cccc6c7ccccc7c7ccccc7c56)nc(-c5cccc6c5sc5ccccc56)n4)ccc23)c(-c2nc(-c3ccccc3-n3c4ccccc4c4ccccc43)nc(-c3cccc4c3sc3ccccc34)n2)c1. The quantitative estimate of drug-likeness (QED) is 0.120. The molecule has 0 saturated carbocycles. The number of benzene rings is 19. The number of aromatic nitrogens is 8. The van der Waals surface area contributed by atoms with Gasteiger partial charge in [0, 0.05) is 95.3 Å². The molecule has 0 saturated heterocycles. The molecule has 25 rings (SSSR count). The Morgan fingerprint density at radius 3 is 1.05 bits per heavy atom. The Morgan fingerprint density at radius 2 is 0.500 bits per heavy atom. The number of thiophene rings is 2. The van der Waals surface area contributed by atoms with Gasteiger partial charge in [-0.1, -0.05) is 309 Å². The Morgan fingerprint density at radius 1 is 0.175 bits per heavy atom. The van der Waals surface area contributed by atoms with Gasteiger partial charge in [0.05, 0.1) is 33.4 Å². The zero-order chi connectivity index (χ0) is 78.6. The second-order valence-corrected chi connectivity index (χ2v) is 33.0. The van der Waals surface area contributed by atoms with E-state index < -0.39 is 0 Å². The van der Waals surface area contributed by atoms with Crippen molar-refractivity contribution in [1.29, 1.82) is 0 Å². The van der Waals surface area contributed by atoms with Gasteiger partial charge in [0.1, 0.15) is 0 Å². The van der Waals surface area contributed by atoms with E-state index in [9.17, 15) is 0 Å². The number of rotatable bonds is 11. The van der Waals surface area contributed by atoms with Crippen LogP contribution in [0.3, 0.4) is 0 Å². The lowest BCUT2D eigenvalue weighted by atomic mass is 9.88. The molecule has 556 valence electrons. The lowest BCUT2D eigenvalue weighted by Gasteiger charge is -2.17. The summed E-state index contributed by atoms with van der Waals surface area (Å²) in [5, 5.41) is 21.3. The van der Waals surface area contributed by atoms with Crippen molar-refractivity contribution in [1.82, 2.24) is 39.0 Å². The van der Waals surface area contributed by atoms with E-state index >= 15 is 0 Å². The lowest BCUT2D eigenvalue weighted by Crippen LogP contribution is -2.04. The zero-order valence-electron chi connectivity index (χ0n) is 64.3. The fourth-order valence-corrected chi connectivity index (χ4v) is 21.7. The van der Waals surface area contributed by atoms with E-state index in [2.05, 4.69) is 397 Å². The van der Waals surface area contributed by atoms with Crippen molar-refractivity contribution in [3.05, 3.63) is 388 Å². The molecule has 0 unspecified atom stereocenters. The average molecular weight is 1560 g/mol. The van der Waals surface area contributed by atoms with Crippen LogP contribution in [0.2, 0.25) is 0 Å². The van der Waals surface area contributed by atoms with Crippen LogP contribution in [0.1, 0.15) is 0 Å². The molecule has 8 nitrogen and oxygen atoms in total. The Hall–Kier alpha value is -15.5. The van der Waals surface area contributed by atoms with E-state index in [-0.39, 0.29) is 0 Å². The summed E-state index contributed by atoms with van der Waals surface area (Å²) in [4.78, 5) is 33.8. The minimum absolute atomic E-state index is 0.572. The summed E-state index contributed by atoms with van der Waals surface area (Å²) in [7, 11) is 0.